The molecule has 0 amide bonds. The number of pyridine rings is 1. The molecule has 0 bridgehead atoms. The number of nitrogens with zero attached hydrogens (tertiary/aromatic N) is 4. The Balaban J connectivity index is 1.35. The van der Waals surface area contributed by atoms with Gasteiger partial charge in [0.25, 0.3) is 0 Å². The van der Waals surface area contributed by atoms with E-state index in [1.165, 1.54) is 31.4 Å². The lowest BCUT2D eigenvalue weighted by Gasteiger charge is -2.27. The molecule has 0 unspecified atom stereocenters. The van der Waals surface area contributed by atoms with E-state index in [0.717, 1.165) is 24.5 Å². The summed E-state index contributed by atoms with van der Waals surface area (Å²) in [6, 6.07) is 11.6. The van der Waals surface area contributed by atoms with Gasteiger partial charge in [0.2, 0.25) is 11.8 Å². The van der Waals surface area contributed by atoms with E-state index in [2.05, 4.69) is 37.3 Å². The van der Waals surface area contributed by atoms with Crippen LogP contribution in [-0.2, 0) is 6.54 Å². The van der Waals surface area contributed by atoms with Gasteiger partial charge >= 0.3 is 0 Å². The molecule has 0 radical (unpaired) electrons. The molecule has 0 spiro atoms. The molecule has 1 aromatic carbocycles. The molecule has 2 aromatic heterocycles. The molecule has 4 rings (SSSR count). The van der Waals surface area contributed by atoms with Crippen molar-refractivity contribution >= 4 is 11.8 Å². The van der Waals surface area contributed by atoms with Crippen LogP contribution in [0.25, 0.3) is 0 Å². The lowest BCUT2D eigenvalue weighted by Crippen LogP contribution is -2.30. The Morgan fingerprint density at radius 1 is 0.964 bits per heavy atom. The average molecular weight is 379 g/mol. The standard InChI is InChI=1S/C21H22FN5O/c22-17-5-7-18(8-6-17)28-20-10-11-23-21(26-20)25-15-16-4-9-19(24-14-16)27-12-2-1-3-13-27/h4-11,14H,1-3,12-13,15H2,(H,23,25,26). The van der Waals surface area contributed by atoms with Crippen molar-refractivity contribution in [3.05, 3.63) is 66.2 Å². The summed E-state index contributed by atoms with van der Waals surface area (Å²) in [6.07, 6.45) is 7.28. The summed E-state index contributed by atoms with van der Waals surface area (Å²) in [5.41, 5.74) is 1.05. The summed E-state index contributed by atoms with van der Waals surface area (Å²) in [6.45, 7) is 2.73. The van der Waals surface area contributed by atoms with Gasteiger partial charge in [-0.15, -0.1) is 0 Å². The predicted molar refractivity (Wildman–Crippen MR) is 106 cm³/mol. The molecule has 144 valence electrons. The highest BCUT2D eigenvalue weighted by Gasteiger charge is 2.11. The van der Waals surface area contributed by atoms with Crippen LogP contribution < -0.4 is 15.0 Å². The van der Waals surface area contributed by atoms with E-state index < -0.39 is 0 Å². The maximum atomic E-state index is 13.0. The fraction of sp³-hybridized carbons (Fsp3) is 0.286. The molecule has 1 saturated heterocycles. The monoisotopic (exact) mass is 379 g/mol. The molecule has 3 aromatic rings. The van der Waals surface area contributed by atoms with Gasteiger partial charge in [0, 0.05) is 38.1 Å². The molecule has 1 aliphatic heterocycles. The van der Waals surface area contributed by atoms with Crippen LogP contribution in [0.5, 0.6) is 11.6 Å². The molecule has 1 N–H and O–H groups in total. The summed E-state index contributed by atoms with van der Waals surface area (Å²) in [5, 5.41) is 3.18. The van der Waals surface area contributed by atoms with Crippen LogP contribution in [0.3, 0.4) is 0 Å². The first-order valence-corrected chi connectivity index (χ1v) is 9.46. The molecule has 3 heterocycles. The van der Waals surface area contributed by atoms with Gasteiger partial charge in [-0.25, -0.2) is 14.4 Å². The first-order valence-electron chi connectivity index (χ1n) is 9.46. The van der Waals surface area contributed by atoms with E-state index in [0.29, 0.717) is 24.1 Å². The van der Waals surface area contributed by atoms with Gasteiger partial charge in [-0.3, -0.25) is 0 Å². The first-order chi connectivity index (χ1) is 13.8. The van der Waals surface area contributed by atoms with Crippen molar-refractivity contribution in [3.8, 4) is 11.6 Å². The number of benzene rings is 1. The molecule has 0 atom stereocenters. The lowest BCUT2D eigenvalue weighted by atomic mass is 10.1. The second kappa shape index (κ2) is 8.65. The van der Waals surface area contributed by atoms with Crippen molar-refractivity contribution in [1.82, 2.24) is 15.0 Å². The maximum Gasteiger partial charge on any atom is 0.226 e. The quantitative estimate of drug-likeness (QED) is 0.685. The smallest absolute Gasteiger partial charge is 0.226 e. The van der Waals surface area contributed by atoms with Gasteiger partial charge < -0.3 is 15.0 Å². The third-order valence-corrected chi connectivity index (χ3v) is 4.61. The number of anilines is 2. The molecule has 0 saturated carbocycles. The minimum absolute atomic E-state index is 0.308. The number of ether oxygens (including phenoxy) is 1. The number of rotatable bonds is 6. The average Bonchev–Trinajstić information content (AvgIpc) is 2.75. The van der Waals surface area contributed by atoms with Crippen LogP contribution in [0.15, 0.2) is 54.9 Å². The topological polar surface area (TPSA) is 63.2 Å². The number of aromatic nitrogens is 3. The number of piperidine rings is 1. The number of nitrogens with one attached hydrogen (secondary N) is 1. The van der Waals surface area contributed by atoms with Crippen molar-refractivity contribution in [1.29, 1.82) is 0 Å². The molecular formula is C21H22FN5O. The lowest BCUT2D eigenvalue weighted by molar-refractivity contribution is 0.460. The third kappa shape index (κ3) is 4.73. The van der Waals surface area contributed by atoms with E-state index in [4.69, 9.17) is 4.74 Å². The Bertz CT molecular complexity index is 895. The fourth-order valence-corrected chi connectivity index (χ4v) is 3.12. The predicted octanol–water partition coefficient (Wildman–Crippen LogP) is 4.41. The maximum absolute atomic E-state index is 13.0. The highest BCUT2D eigenvalue weighted by Crippen LogP contribution is 2.21. The van der Waals surface area contributed by atoms with Gasteiger partial charge in [0.15, 0.2) is 0 Å². The van der Waals surface area contributed by atoms with Crippen molar-refractivity contribution < 1.29 is 9.13 Å². The van der Waals surface area contributed by atoms with Crippen LogP contribution >= 0.6 is 0 Å². The van der Waals surface area contributed by atoms with Crippen LogP contribution in [0, 0.1) is 5.82 Å². The van der Waals surface area contributed by atoms with E-state index in [-0.39, 0.29) is 5.82 Å². The zero-order chi connectivity index (χ0) is 19.2. The van der Waals surface area contributed by atoms with Gasteiger partial charge in [0.1, 0.15) is 17.4 Å². The zero-order valence-corrected chi connectivity index (χ0v) is 15.5. The summed E-state index contributed by atoms with van der Waals surface area (Å²) >= 11 is 0. The van der Waals surface area contributed by atoms with E-state index >= 15 is 0 Å². The van der Waals surface area contributed by atoms with Gasteiger partial charge in [-0.2, -0.15) is 4.98 Å². The van der Waals surface area contributed by atoms with E-state index in [1.807, 2.05) is 6.20 Å². The second-order valence-electron chi connectivity index (χ2n) is 6.70. The Labute approximate surface area is 163 Å². The molecule has 0 aliphatic carbocycles. The van der Waals surface area contributed by atoms with Gasteiger partial charge in [0.05, 0.1) is 0 Å². The van der Waals surface area contributed by atoms with E-state index in [1.54, 1.807) is 24.4 Å². The number of hydrogen-bond acceptors (Lipinski definition) is 6. The molecule has 1 fully saturated rings. The Kier molecular flexibility index (Phi) is 5.61. The van der Waals surface area contributed by atoms with Crippen LogP contribution in [0.1, 0.15) is 24.8 Å². The first kappa shape index (κ1) is 18.2. The molecular weight excluding hydrogens is 357 g/mol. The molecule has 28 heavy (non-hydrogen) atoms. The Morgan fingerprint density at radius 2 is 1.79 bits per heavy atom. The third-order valence-electron chi connectivity index (χ3n) is 4.61. The van der Waals surface area contributed by atoms with Gasteiger partial charge in [-0.05, 0) is 55.2 Å². The molecule has 7 heteroatoms. The molecule has 1 aliphatic rings. The Hall–Kier alpha value is -3.22. The van der Waals surface area contributed by atoms with Crippen molar-refractivity contribution in [2.75, 3.05) is 23.3 Å². The summed E-state index contributed by atoms with van der Waals surface area (Å²) in [4.78, 5) is 15.5. The zero-order valence-electron chi connectivity index (χ0n) is 15.5. The highest BCUT2D eigenvalue weighted by molar-refractivity contribution is 5.40. The van der Waals surface area contributed by atoms with Crippen molar-refractivity contribution in [2.45, 2.75) is 25.8 Å². The summed E-state index contributed by atoms with van der Waals surface area (Å²) in [5.74, 6) is 2.10. The second-order valence-corrected chi connectivity index (χ2v) is 6.70. The minimum atomic E-state index is -0.308. The van der Waals surface area contributed by atoms with Crippen LogP contribution in [0.2, 0.25) is 0 Å². The SMILES string of the molecule is Fc1ccc(Oc2ccnc(NCc3ccc(N4CCCCC4)nc3)n2)cc1. The van der Waals surface area contributed by atoms with E-state index in [9.17, 15) is 4.39 Å². The number of halogens is 1. The minimum Gasteiger partial charge on any atom is -0.439 e. The fourth-order valence-electron chi connectivity index (χ4n) is 3.12. The van der Waals surface area contributed by atoms with Crippen LogP contribution in [-0.4, -0.2) is 28.0 Å². The highest BCUT2D eigenvalue weighted by atomic mass is 19.1. The van der Waals surface area contributed by atoms with Crippen molar-refractivity contribution in [2.24, 2.45) is 0 Å². The summed E-state index contributed by atoms with van der Waals surface area (Å²) in [7, 11) is 0. The van der Waals surface area contributed by atoms with Gasteiger partial charge in [-0.1, -0.05) is 6.07 Å². The molecule has 6 nitrogen and oxygen atoms in total. The largest absolute Gasteiger partial charge is 0.439 e. The summed E-state index contributed by atoms with van der Waals surface area (Å²) < 4.78 is 18.6. The Morgan fingerprint density at radius 3 is 2.54 bits per heavy atom. The van der Waals surface area contributed by atoms with Crippen LogP contribution in [0.4, 0.5) is 16.2 Å². The normalized spacial score (nSPS) is 14.0. The number of hydrogen-bond donors (Lipinski definition) is 1. The van der Waals surface area contributed by atoms with Crippen molar-refractivity contribution in [3.63, 3.8) is 0 Å².